The minimum atomic E-state index is -0.338. The SMILES string of the molecule is C=CCSc1nnc(N2C(=O)C[C@@H](c3ccc(F)cc3)C3=C2CCCC3=O)s1. The maximum absolute atomic E-state index is 13.3. The number of aromatic nitrogens is 2. The van der Waals surface area contributed by atoms with Crippen molar-refractivity contribution < 1.29 is 14.0 Å². The quantitative estimate of drug-likeness (QED) is 0.409. The fraction of sp³-hybridized carbons (Fsp3) is 0.300. The van der Waals surface area contributed by atoms with Gasteiger partial charge < -0.3 is 0 Å². The highest BCUT2D eigenvalue weighted by Crippen LogP contribution is 2.44. The third-order valence-corrected chi connectivity index (χ3v) is 6.90. The van der Waals surface area contributed by atoms with Crippen LogP contribution in [-0.4, -0.2) is 27.6 Å². The lowest BCUT2D eigenvalue weighted by Crippen LogP contribution is -2.40. The summed E-state index contributed by atoms with van der Waals surface area (Å²) < 4.78 is 14.1. The second-order valence-corrected chi connectivity index (χ2v) is 8.85. The first-order chi connectivity index (χ1) is 13.6. The lowest BCUT2D eigenvalue weighted by molar-refractivity contribution is -0.119. The molecule has 0 bridgehead atoms. The molecule has 28 heavy (non-hydrogen) atoms. The molecule has 0 unspecified atom stereocenters. The van der Waals surface area contributed by atoms with Crippen LogP contribution < -0.4 is 4.90 Å². The van der Waals surface area contributed by atoms with E-state index in [0.29, 0.717) is 35.7 Å². The summed E-state index contributed by atoms with van der Waals surface area (Å²) in [5.74, 6) is -0.0235. The molecule has 2 aliphatic rings. The normalized spacial score (nSPS) is 19.8. The average molecular weight is 416 g/mol. The molecule has 4 rings (SSSR count). The number of Topliss-reactive ketones (excluding diaryl/α,β-unsaturated/α-hetero) is 1. The third kappa shape index (κ3) is 3.54. The van der Waals surface area contributed by atoms with Crippen LogP contribution in [0.4, 0.5) is 9.52 Å². The number of hydrogen-bond donors (Lipinski definition) is 0. The number of anilines is 1. The maximum atomic E-state index is 13.3. The molecule has 2 aromatic rings. The summed E-state index contributed by atoms with van der Waals surface area (Å²) in [6.07, 6.45) is 3.75. The maximum Gasteiger partial charge on any atom is 0.234 e. The lowest BCUT2D eigenvalue weighted by Gasteiger charge is -2.36. The van der Waals surface area contributed by atoms with Gasteiger partial charge in [0, 0.05) is 35.8 Å². The number of nitrogens with zero attached hydrogens (tertiary/aromatic N) is 3. The second kappa shape index (κ2) is 7.97. The van der Waals surface area contributed by atoms with Gasteiger partial charge >= 0.3 is 0 Å². The topological polar surface area (TPSA) is 63.2 Å². The first kappa shape index (κ1) is 19.0. The minimum absolute atomic E-state index is 0.0545. The van der Waals surface area contributed by atoms with Gasteiger partial charge in [0.2, 0.25) is 11.0 Å². The van der Waals surface area contributed by atoms with E-state index in [0.717, 1.165) is 15.6 Å². The highest BCUT2D eigenvalue weighted by molar-refractivity contribution is 8.01. The fourth-order valence-electron chi connectivity index (χ4n) is 3.68. The molecule has 5 nitrogen and oxygen atoms in total. The average Bonchev–Trinajstić information content (AvgIpc) is 3.15. The Morgan fingerprint density at radius 3 is 2.79 bits per heavy atom. The van der Waals surface area contributed by atoms with Gasteiger partial charge in [-0.3, -0.25) is 14.5 Å². The number of hydrogen-bond acceptors (Lipinski definition) is 6. The van der Waals surface area contributed by atoms with Crippen LogP contribution in [-0.2, 0) is 9.59 Å². The van der Waals surface area contributed by atoms with Gasteiger partial charge in [-0.05, 0) is 30.5 Å². The molecule has 8 heteroatoms. The largest absolute Gasteiger partial charge is 0.294 e. The first-order valence-electron chi connectivity index (χ1n) is 9.00. The van der Waals surface area contributed by atoms with Gasteiger partial charge in [-0.15, -0.1) is 16.8 Å². The van der Waals surface area contributed by atoms with Crippen LogP contribution >= 0.6 is 23.1 Å². The molecule has 0 radical (unpaired) electrons. The van der Waals surface area contributed by atoms with Gasteiger partial charge in [-0.25, -0.2) is 4.39 Å². The molecule has 0 saturated carbocycles. The molecule has 1 aliphatic carbocycles. The molecule has 1 aromatic heterocycles. The van der Waals surface area contributed by atoms with Crippen molar-refractivity contribution >= 4 is 39.9 Å². The van der Waals surface area contributed by atoms with Gasteiger partial charge in [-0.2, -0.15) is 0 Å². The molecule has 1 aliphatic heterocycles. The van der Waals surface area contributed by atoms with E-state index in [4.69, 9.17) is 0 Å². The fourth-order valence-corrected chi connectivity index (χ4v) is 5.32. The van der Waals surface area contributed by atoms with Gasteiger partial charge in [-0.1, -0.05) is 41.3 Å². The highest BCUT2D eigenvalue weighted by atomic mass is 32.2. The number of carbonyl (C=O) groups excluding carboxylic acids is 2. The summed E-state index contributed by atoms with van der Waals surface area (Å²) in [7, 11) is 0. The Hall–Kier alpha value is -2.32. The third-order valence-electron chi connectivity index (χ3n) is 4.86. The number of amides is 1. The molecule has 0 N–H and O–H groups in total. The summed E-state index contributed by atoms with van der Waals surface area (Å²) in [4.78, 5) is 27.4. The Kier molecular flexibility index (Phi) is 5.41. The van der Waals surface area contributed by atoms with E-state index in [-0.39, 0.29) is 29.8 Å². The molecule has 0 saturated heterocycles. The van der Waals surface area contributed by atoms with Crippen molar-refractivity contribution in [3.05, 3.63) is 59.6 Å². The summed E-state index contributed by atoms with van der Waals surface area (Å²) in [5, 5.41) is 8.84. The molecule has 0 fully saturated rings. The zero-order valence-corrected chi connectivity index (χ0v) is 16.7. The first-order valence-corrected chi connectivity index (χ1v) is 10.8. The zero-order chi connectivity index (χ0) is 19.7. The van der Waals surface area contributed by atoms with E-state index in [1.807, 2.05) is 0 Å². The molecular weight excluding hydrogens is 397 g/mol. The Morgan fingerprint density at radius 1 is 1.25 bits per heavy atom. The molecule has 144 valence electrons. The Bertz CT molecular complexity index is 968. The van der Waals surface area contributed by atoms with Crippen LogP contribution in [0.15, 0.2) is 52.5 Å². The van der Waals surface area contributed by atoms with Gasteiger partial charge in [0.25, 0.3) is 0 Å². The van der Waals surface area contributed by atoms with Crippen LogP contribution in [0.5, 0.6) is 0 Å². The molecule has 1 amide bonds. The van der Waals surface area contributed by atoms with Crippen molar-refractivity contribution in [1.29, 1.82) is 0 Å². The molecule has 2 heterocycles. The number of thioether (sulfide) groups is 1. The molecule has 1 atom stereocenters. The van der Waals surface area contributed by atoms with E-state index in [1.54, 1.807) is 23.1 Å². The van der Waals surface area contributed by atoms with Crippen molar-refractivity contribution in [2.24, 2.45) is 0 Å². The van der Waals surface area contributed by atoms with E-state index < -0.39 is 0 Å². The zero-order valence-electron chi connectivity index (χ0n) is 15.1. The van der Waals surface area contributed by atoms with Gasteiger partial charge in [0.15, 0.2) is 10.1 Å². The highest BCUT2D eigenvalue weighted by Gasteiger charge is 2.40. The Labute approximate surface area is 170 Å². The van der Waals surface area contributed by atoms with Crippen molar-refractivity contribution in [2.75, 3.05) is 10.7 Å². The number of carbonyl (C=O) groups is 2. The minimum Gasteiger partial charge on any atom is -0.294 e. The predicted molar refractivity (Wildman–Crippen MR) is 108 cm³/mol. The lowest BCUT2D eigenvalue weighted by atomic mass is 9.77. The Morgan fingerprint density at radius 2 is 2.04 bits per heavy atom. The number of ketones is 1. The molecule has 1 aromatic carbocycles. The summed E-state index contributed by atoms with van der Waals surface area (Å²) in [6.45, 7) is 3.69. The smallest absolute Gasteiger partial charge is 0.234 e. The Balaban J connectivity index is 1.75. The van der Waals surface area contributed by atoms with Crippen LogP contribution in [0.2, 0.25) is 0 Å². The summed E-state index contributed by atoms with van der Waals surface area (Å²) in [6, 6.07) is 6.05. The van der Waals surface area contributed by atoms with E-state index in [2.05, 4.69) is 16.8 Å². The predicted octanol–water partition coefficient (Wildman–Crippen LogP) is 4.48. The van der Waals surface area contributed by atoms with Crippen molar-refractivity contribution in [3.8, 4) is 0 Å². The van der Waals surface area contributed by atoms with Crippen LogP contribution in [0, 0.1) is 5.82 Å². The van der Waals surface area contributed by atoms with Crippen molar-refractivity contribution in [1.82, 2.24) is 10.2 Å². The summed E-state index contributed by atoms with van der Waals surface area (Å²) >= 11 is 2.85. The standard InChI is InChI=1S/C20H18FN3O2S2/c1-2-10-27-20-23-22-19(28-20)24-15-4-3-5-16(25)18(15)14(11-17(24)26)12-6-8-13(21)9-7-12/h2,6-9,14H,1,3-5,10-11H2/t14-/m0/s1. The summed E-state index contributed by atoms with van der Waals surface area (Å²) in [5.41, 5.74) is 2.17. The number of halogens is 1. The van der Waals surface area contributed by atoms with Crippen molar-refractivity contribution in [2.45, 2.75) is 35.9 Å². The number of allylic oxidation sites excluding steroid dienone is 2. The second-order valence-electron chi connectivity index (χ2n) is 6.62. The van der Waals surface area contributed by atoms with Gasteiger partial charge in [0.05, 0.1) is 0 Å². The monoisotopic (exact) mass is 415 g/mol. The van der Waals surface area contributed by atoms with E-state index in [1.165, 1.54) is 35.2 Å². The molecular formula is C20H18FN3O2S2. The van der Waals surface area contributed by atoms with Crippen LogP contribution in [0.25, 0.3) is 0 Å². The van der Waals surface area contributed by atoms with Crippen molar-refractivity contribution in [3.63, 3.8) is 0 Å². The van der Waals surface area contributed by atoms with Crippen LogP contribution in [0.3, 0.4) is 0 Å². The van der Waals surface area contributed by atoms with Crippen LogP contribution in [0.1, 0.15) is 37.2 Å². The molecule has 0 spiro atoms. The van der Waals surface area contributed by atoms with E-state index in [9.17, 15) is 14.0 Å². The number of rotatable bonds is 5. The van der Waals surface area contributed by atoms with E-state index >= 15 is 0 Å². The van der Waals surface area contributed by atoms with Gasteiger partial charge in [0.1, 0.15) is 5.82 Å². The number of benzene rings is 1.